The van der Waals surface area contributed by atoms with Crippen molar-refractivity contribution in [1.29, 1.82) is 0 Å². The van der Waals surface area contributed by atoms with Crippen LogP contribution in [0.4, 0.5) is 0 Å². The summed E-state index contributed by atoms with van der Waals surface area (Å²) in [5, 5.41) is 13.7. The predicted octanol–water partition coefficient (Wildman–Crippen LogP) is 9.61. The van der Waals surface area contributed by atoms with Gasteiger partial charge in [-0.2, -0.15) is 0 Å². The molecule has 3 unspecified atom stereocenters. The zero-order valence-corrected chi connectivity index (χ0v) is 32.6. The fourth-order valence-corrected chi connectivity index (χ4v) is 6.59. The summed E-state index contributed by atoms with van der Waals surface area (Å²) in [5.41, 5.74) is 0. The molecular weight excluding hydrogens is 611 g/mol. The molecule has 9 heteroatoms. The van der Waals surface area contributed by atoms with Gasteiger partial charge in [-0.25, -0.2) is 0 Å². The summed E-state index contributed by atoms with van der Waals surface area (Å²) in [6.45, 7) is 4.63. The monoisotopic (exact) mass is 691 g/mol. The Balaban J connectivity index is 4.08. The lowest BCUT2D eigenvalue weighted by Crippen LogP contribution is -2.46. The Hall–Kier alpha value is -0.500. The molecule has 0 aliphatic rings. The van der Waals surface area contributed by atoms with Gasteiger partial charge in [-0.15, -0.1) is 0 Å². The van der Waals surface area contributed by atoms with Gasteiger partial charge in [0.25, 0.3) is 7.82 Å². The SMILES string of the molecule is CCCCCCCCCCCCCCCCCCCCCCC(=O)NC(COP(=O)([O-])OCC[N+](C)(C)C)C(O)CCCCCCC. The fraction of sp³-hybridized carbons (Fsp3) is 0.974. The number of rotatable bonds is 36. The van der Waals surface area contributed by atoms with E-state index in [1.54, 1.807) is 0 Å². The van der Waals surface area contributed by atoms with Crippen LogP contribution in [0.3, 0.4) is 0 Å². The number of hydrogen-bond acceptors (Lipinski definition) is 6. The first-order valence-corrected chi connectivity index (χ1v) is 21.3. The van der Waals surface area contributed by atoms with E-state index in [-0.39, 0.29) is 19.1 Å². The zero-order chi connectivity index (χ0) is 35.1. The average Bonchev–Trinajstić information content (AvgIpc) is 3.01. The summed E-state index contributed by atoms with van der Waals surface area (Å²) in [7, 11) is 1.31. The van der Waals surface area contributed by atoms with Crippen LogP contribution in [0.15, 0.2) is 0 Å². The second-order valence-corrected chi connectivity index (χ2v) is 16.4. The molecule has 0 aliphatic carbocycles. The van der Waals surface area contributed by atoms with Crippen molar-refractivity contribution in [3.05, 3.63) is 0 Å². The molecule has 1 amide bonds. The van der Waals surface area contributed by atoms with E-state index in [1.807, 2.05) is 21.1 Å². The Bertz CT molecular complexity index is 748. The van der Waals surface area contributed by atoms with Gasteiger partial charge in [0, 0.05) is 6.42 Å². The molecule has 0 rings (SSSR count). The highest BCUT2D eigenvalue weighted by Gasteiger charge is 2.24. The summed E-state index contributed by atoms with van der Waals surface area (Å²) in [5.74, 6) is -0.169. The van der Waals surface area contributed by atoms with Gasteiger partial charge >= 0.3 is 0 Å². The summed E-state index contributed by atoms with van der Waals surface area (Å²) >= 11 is 0. The van der Waals surface area contributed by atoms with E-state index in [0.29, 0.717) is 23.9 Å². The molecule has 0 fully saturated rings. The van der Waals surface area contributed by atoms with Crippen LogP contribution in [0.1, 0.15) is 187 Å². The van der Waals surface area contributed by atoms with Crippen LogP contribution in [0.5, 0.6) is 0 Å². The molecule has 0 radical (unpaired) electrons. The molecule has 0 spiro atoms. The molecule has 0 aromatic rings. The molecule has 0 aromatic carbocycles. The van der Waals surface area contributed by atoms with E-state index in [0.717, 1.165) is 51.4 Å². The molecule has 0 aromatic heterocycles. The number of carbonyl (C=O) groups excluding carboxylic acids is 1. The number of nitrogens with zero attached hydrogens (tertiary/aromatic N) is 1. The lowest BCUT2D eigenvalue weighted by molar-refractivity contribution is -0.870. The Morgan fingerprint density at radius 2 is 1.04 bits per heavy atom. The maximum absolute atomic E-state index is 12.7. The van der Waals surface area contributed by atoms with Crippen molar-refractivity contribution in [2.75, 3.05) is 40.9 Å². The lowest BCUT2D eigenvalue weighted by atomic mass is 10.0. The number of quaternary nitrogens is 1. The first kappa shape index (κ1) is 46.5. The summed E-state index contributed by atoms with van der Waals surface area (Å²) in [6.07, 6.45) is 31.5. The molecule has 8 nitrogen and oxygen atoms in total. The van der Waals surface area contributed by atoms with Gasteiger partial charge in [-0.1, -0.05) is 168 Å². The lowest BCUT2D eigenvalue weighted by Gasteiger charge is -2.30. The Morgan fingerprint density at radius 3 is 1.45 bits per heavy atom. The van der Waals surface area contributed by atoms with Crippen LogP contribution in [-0.2, 0) is 18.4 Å². The highest BCUT2D eigenvalue weighted by Crippen LogP contribution is 2.38. The number of unbranched alkanes of at least 4 members (excludes halogenated alkanes) is 23. The zero-order valence-electron chi connectivity index (χ0n) is 31.8. The molecule has 0 aliphatic heterocycles. The van der Waals surface area contributed by atoms with Gasteiger partial charge in [-0.05, 0) is 12.8 Å². The number of carbonyl (C=O) groups is 1. The summed E-state index contributed by atoms with van der Waals surface area (Å²) in [6, 6.07) is -0.789. The number of hydrogen-bond donors (Lipinski definition) is 2. The highest BCUT2D eigenvalue weighted by molar-refractivity contribution is 7.45. The van der Waals surface area contributed by atoms with Crippen LogP contribution in [0, 0.1) is 0 Å². The predicted molar refractivity (Wildman–Crippen MR) is 196 cm³/mol. The third-order valence-corrected chi connectivity index (χ3v) is 10.1. The minimum atomic E-state index is -4.54. The average molecular weight is 691 g/mol. The van der Waals surface area contributed by atoms with E-state index in [2.05, 4.69) is 19.2 Å². The van der Waals surface area contributed by atoms with Crippen molar-refractivity contribution in [3.63, 3.8) is 0 Å². The third kappa shape index (κ3) is 33.8. The van der Waals surface area contributed by atoms with Crippen LogP contribution < -0.4 is 10.2 Å². The molecular formula is C38H79N2O6P. The van der Waals surface area contributed by atoms with Gasteiger partial charge < -0.3 is 28.8 Å². The van der Waals surface area contributed by atoms with E-state index in [1.165, 1.54) is 109 Å². The van der Waals surface area contributed by atoms with E-state index in [4.69, 9.17) is 9.05 Å². The molecule has 0 bridgehead atoms. The van der Waals surface area contributed by atoms with Gasteiger partial charge in [0.2, 0.25) is 5.91 Å². The normalized spacial score (nSPS) is 14.6. The van der Waals surface area contributed by atoms with Gasteiger partial charge in [0.15, 0.2) is 0 Å². The van der Waals surface area contributed by atoms with Crippen molar-refractivity contribution in [3.8, 4) is 0 Å². The Kier molecular flexibility index (Phi) is 31.1. The molecule has 282 valence electrons. The topological polar surface area (TPSA) is 108 Å². The van der Waals surface area contributed by atoms with Crippen molar-refractivity contribution in [2.45, 2.75) is 199 Å². The number of phosphoric acid groups is 1. The third-order valence-electron chi connectivity index (χ3n) is 9.10. The van der Waals surface area contributed by atoms with Crippen LogP contribution in [0.2, 0.25) is 0 Å². The first-order chi connectivity index (χ1) is 22.5. The van der Waals surface area contributed by atoms with Crippen LogP contribution in [0.25, 0.3) is 0 Å². The minimum absolute atomic E-state index is 0.0146. The molecule has 0 heterocycles. The second kappa shape index (κ2) is 31.5. The van der Waals surface area contributed by atoms with E-state index < -0.39 is 20.0 Å². The highest BCUT2D eigenvalue weighted by atomic mass is 31.2. The smallest absolute Gasteiger partial charge is 0.268 e. The molecule has 3 atom stereocenters. The fourth-order valence-electron chi connectivity index (χ4n) is 5.86. The van der Waals surface area contributed by atoms with Crippen molar-refractivity contribution in [1.82, 2.24) is 5.32 Å². The van der Waals surface area contributed by atoms with Crippen molar-refractivity contribution in [2.24, 2.45) is 0 Å². The summed E-state index contributed by atoms with van der Waals surface area (Å²) in [4.78, 5) is 25.0. The van der Waals surface area contributed by atoms with Crippen molar-refractivity contribution < 1.29 is 32.9 Å². The molecule has 0 saturated carbocycles. The molecule has 0 saturated heterocycles. The Labute approximate surface area is 291 Å². The van der Waals surface area contributed by atoms with Gasteiger partial charge in [0.1, 0.15) is 13.2 Å². The molecule has 47 heavy (non-hydrogen) atoms. The largest absolute Gasteiger partial charge is 0.756 e. The molecule has 2 N–H and O–H groups in total. The van der Waals surface area contributed by atoms with Crippen LogP contribution >= 0.6 is 7.82 Å². The Morgan fingerprint density at radius 1 is 0.660 bits per heavy atom. The first-order valence-electron chi connectivity index (χ1n) is 19.9. The number of aliphatic hydroxyl groups excluding tert-OH is 1. The second-order valence-electron chi connectivity index (χ2n) is 15.0. The number of phosphoric ester groups is 1. The minimum Gasteiger partial charge on any atom is -0.756 e. The quantitative estimate of drug-likeness (QED) is 0.0385. The standard InChI is InChI=1S/C38H79N2O6P/c1-6-8-10-12-13-14-15-16-17-18-19-20-21-22-23-24-25-26-28-30-32-38(42)39-36(37(41)31-29-27-11-9-7-2)35-46-47(43,44)45-34-33-40(3,4)5/h36-37,41H,6-35H2,1-5H3,(H-,39,42,43,44). The maximum atomic E-state index is 12.7. The van der Waals surface area contributed by atoms with Crippen LogP contribution in [-0.4, -0.2) is 68.5 Å². The summed E-state index contributed by atoms with van der Waals surface area (Å²) < 4.78 is 23.0. The number of amides is 1. The number of nitrogens with one attached hydrogen (secondary N) is 1. The van der Waals surface area contributed by atoms with Crippen molar-refractivity contribution >= 4 is 13.7 Å². The van der Waals surface area contributed by atoms with Gasteiger partial charge in [0.05, 0.1) is 39.9 Å². The maximum Gasteiger partial charge on any atom is 0.268 e. The number of likely N-dealkylation sites (N-methyl/N-ethyl adjacent to an activating group) is 1. The van der Waals surface area contributed by atoms with Gasteiger partial charge in [-0.3, -0.25) is 9.36 Å². The number of aliphatic hydroxyl groups is 1. The van der Waals surface area contributed by atoms with E-state index >= 15 is 0 Å². The van der Waals surface area contributed by atoms with E-state index in [9.17, 15) is 19.4 Å².